The fraction of sp³-hybridized carbons (Fsp3) is 0. The molecule has 0 fully saturated rings. The van der Waals surface area contributed by atoms with Gasteiger partial charge in [-0.05, 0) is 107 Å². The van der Waals surface area contributed by atoms with Crippen molar-refractivity contribution in [3.05, 3.63) is 181 Å². The van der Waals surface area contributed by atoms with E-state index in [2.05, 4.69) is 155 Å². The second-order valence-electron chi connectivity index (χ2n) is 13.7. The average Bonchev–Trinajstić information content (AvgIpc) is 3.88. The molecule has 0 N–H and O–H groups in total. The second-order valence-corrected chi connectivity index (χ2v) is 13.7. The lowest BCUT2D eigenvalue weighted by Crippen LogP contribution is -1.94. The number of fused-ring (bicyclic) bond motifs is 9. The lowest BCUT2D eigenvalue weighted by molar-refractivity contribution is 0.669. The topological polar surface area (TPSA) is 46.8 Å². The summed E-state index contributed by atoms with van der Waals surface area (Å²) < 4.78 is 10.9. The van der Waals surface area contributed by atoms with Crippen LogP contribution in [0.3, 0.4) is 0 Å². The normalized spacial score (nSPS) is 11.8. The van der Waals surface area contributed by atoms with Crippen LogP contribution in [0.25, 0.3) is 99.2 Å². The van der Waals surface area contributed by atoms with E-state index in [0.717, 1.165) is 61.0 Å². The zero-order chi connectivity index (χ0) is 35.0. The van der Waals surface area contributed by atoms with Crippen molar-refractivity contribution >= 4 is 65.6 Å². The molecule has 0 spiro atoms. The van der Waals surface area contributed by atoms with Gasteiger partial charge in [-0.25, -0.2) is 0 Å². The van der Waals surface area contributed by atoms with Gasteiger partial charge < -0.3 is 13.6 Å². The number of nitrogens with zero attached hydrogens (tertiary/aromatic N) is 3. The summed E-state index contributed by atoms with van der Waals surface area (Å²) in [6.45, 7) is 0. The highest BCUT2D eigenvalue weighted by molar-refractivity contribution is 6.14. The minimum atomic E-state index is 0.655. The fourth-order valence-corrected chi connectivity index (χ4v) is 8.37. The van der Waals surface area contributed by atoms with Crippen molar-refractivity contribution in [2.24, 2.45) is 0 Å². The van der Waals surface area contributed by atoms with Crippen LogP contribution >= 0.6 is 0 Å². The molecule has 3 aromatic heterocycles. The van der Waals surface area contributed by atoms with Gasteiger partial charge in [-0.2, -0.15) is 5.26 Å². The van der Waals surface area contributed by atoms with E-state index < -0.39 is 0 Å². The van der Waals surface area contributed by atoms with E-state index in [4.69, 9.17) is 4.42 Å². The van der Waals surface area contributed by atoms with Crippen molar-refractivity contribution in [1.82, 2.24) is 9.13 Å². The molecule has 11 rings (SSSR count). The van der Waals surface area contributed by atoms with Gasteiger partial charge in [0, 0.05) is 43.7 Å². The first-order valence-electron chi connectivity index (χ1n) is 17.8. The molecule has 53 heavy (non-hydrogen) atoms. The standard InChI is InChI=1S/C49H29N3O/c50-30-31-19-23-35(24-20-31)51-43-15-4-1-11-38(43)41-28-32(21-25-45(41)51)33-22-26-46-42(29-33)39-12-2-5-16-44(39)52(46)36-10-7-9-34(27-36)37-14-8-18-48-49(37)40-13-3-6-17-47(40)53-48/h1-29H. The number of hydrogen-bond donors (Lipinski definition) is 0. The summed E-state index contributed by atoms with van der Waals surface area (Å²) >= 11 is 0. The molecule has 0 saturated carbocycles. The molecule has 0 radical (unpaired) electrons. The van der Waals surface area contributed by atoms with Gasteiger partial charge in [0.15, 0.2) is 0 Å². The summed E-state index contributed by atoms with van der Waals surface area (Å²) in [6, 6.07) is 64.4. The molecule has 4 nitrogen and oxygen atoms in total. The predicted octanol–water partition coefficient (Wildman–Crippen LogP) is 13.0. The maximum absolute atomic E-state index is 9.37. The van der Waals surface area contributed by atoms with Crippen LogP contribution in [-0.4, -0.2) is 9.13 Å². The largest absolute Gasteiger partial charge is 0.456 e. The van der Waals surface area contributed by atoms with Gasteiger partial charge in [-0.15, -0.1) is 0 Å². The summed E-state index contributed by atoms with van der Waals surface area (Å²) in [6.07, 6.45) is 0. The molecular formula is C49H29N3O. The minimum absolute atomic E-state index is 0.655. The average molecular weight is 676 g/mol. The van der Waals surface area contributed by atoms with Crippen molar-refractivity contribution in [1.29, 1.82) is 5.26 Å². The lowest BCUT2D eigenvalue weighted by Gasteiger charge is -2.11. The minimum Gasteiger partial charge on any atom is -0.456 e. The highest BCUT2D eigenvalue weighted by Crippen LogP contribution is 2.40. The van der Waals surface area contributed by atoms with Crippen molar-refractivity contribution < 1.29 is 4.42 Å². The third-order valence-corrected chi connectivity index (χ3v) is 10.8. The van der Waals surface area contributed by atoms with E-state index in [1.165, 1.54) is 38.2 Å². The molecule has 8 aromatic carbocycles. The molecule has 0 aliphatic carbocycles. The zero-order valence-corrected chi connectivity index (χ0v) is 28.5. The van der Waals surface area contributed by atoms with E-state index in [9.17, 15) is 5.26 Å². The number of hydrogen-bond acceptors (Lipinski definition) is 2. The summed E-state index contributed by atoms with van der Waals surface area (Å²) in [5.41, 5.74) is 13.9. The number of benzene rings is 8. The van der Waals surface area contributed by atoms with Gasteiger partial charge in [0.05, 0.1) is 33.7 Å². The summed E-state index contributed by atoms with van der Waals surface area (Å²) in [7, 11) is 0. The molecule has 4 heteroatoms. The van der Waals surface area contributed by atoms with E-state index >= 15 is 0 Å². The smallest absolute Gasteiger partial charge is 0.136 e. The SMILES string of the molecule is N#Cc1ccc(-n2c3ccccc3c3cc(-c4ccc5c(c4)c4ccccc4n5-c4cccc(-c5cccc6oc7ccccc7c56)c4)ccc32)cc1. The van der Waals surface area contributed by atoms with E-state index in [-0.39, 0.29) is 0 Å². The molecule has 11 aromatic rings. The number of nitriles is 1. The highest BCUT2D eigenvalue weighted by Gasteiger charge is 2.18. The van der Waals surface area contributed by atoms with Crippen molar-refractivity contribution in [3.63, 3.8) is 0 Å². The Balaban J connectivity index is 1.06. The van der Waals surface area contributed by atoms with Crippen molar-refractivity contribution in [2.45, 2.75) is 0 Å². The first-order chi connectivity index (χ1) is 26.2. The fourth-order valence-electron chi connectivity index (χ4n) is 8.37. The Bertz CT molecular complexity index is 3300. The van der Waals surface area contributed by atoms with Gasteiger partial charge in [0.2, 0.25) is 0 Å². The predicted molar refractivity (Wildman–Crippen MR) is 218 cm³/mol. The Morgan fingerprint density at radius 1 is 0.396 bits per heavy atom. The number of furan rings is 1. The van der Waals surface area contributed by atoms with Gasteiger partial charge in [0.1, 0.15) is 11.2 Å². The molecule has 0 aliphatic rings. The van der Waals surface area contributed by atoms with Crippen LogP contribution in [-0.2, 0) is 0 Å². The van der Waals surface area contributed by atoms with Crippen LogP contribution in [0.2, 0.25) is 0 Å². The summed E-state index contributed by atoms with van der Waals surface area (Å²) in [4.78, 5) is 0. The molecule has 0 amide bonds. The Morgan fingerprint density at radius 2 is 0.962 bits per heavy atom. The zero-order valence-electron chi connectivity index (χ0n) is 28.5. The first kappa shape index (κ1) is 29.4. The molecule has 0 unspecified atom stereocenters. The van der Waals surface area contributed by atoms with E-state index in [1.807, 2.05) is 36.4 Å². The number of aromatic nitrogens is 2. The van der Waals surface area contributed by atoms with E-state index in [0.29, 0.717) is 5.56 Å². The molecule has 0 bridgehead atoms. The van der Waals surface area contributed by atoms with Crippen LogP contribution in [0.15, 0.2) is 180 Å². The molecule has 246 valence electrons. The Morgan fingerprint density at radius 3 is 1.64 bits per heavy atom. The molecule has 3 heterocycles. The molecule has 0 atom stereocenters. The summed E-state index contributed by atoms with van der Waals surface area (Å²) in [5.74, 6) is 0. The van der Waals surface area contributed by atoms with Gasteiger partial charge in [-0.1, -0.05) is 91.0 Å². The highest BCUT2D eigenvalue weighted by atomic mass is 16.3. The number of para-hydroxylation sites is 3. The Labute approximate surface area is 304 Å². The van der Waals surface area contributed by atoms with Crippen molar-refractivity contribution in [2.75, 3.05) is 0 Å². The third-order valence-electron chi connectivity index (χ3n) is 10.8. The molecule has 0 saturated heterocycles. The Hall–Kier alpha value is -7.35. The van der Waals surface area contributed by atoms with Crippen LogP contribution in [0, 0.1) is 11.3 Å². The first-order valence-corrected chi connectivity index (χ1v) is 17.8. The molecular weight excluding hydrogens is 647 g/mol. The quantitative estimate of drug-likeness (QED) is 0.186. The van der Waals surface area contributed by atoms with Crippen LogP contribution in [0.1, 0.15) is 5.56 Å². The summed E-state index contributed by atoms with van der Waals surface area (Å²) in [5, 5.41) is 16.5. The maximum atomic E-state index is 9.37. The van der Waals surface area contributed by atoms with Gasteiger partial charge in [-0.3, -0.25) is 0 Å². The van der Waals surface area contributed by atoms with Crippen LogP contribution < -0.4 is 0 Å². The molecule has 0 aliphatic heterocycles. The van der Waals surface area contributed by atoms with Gasteiger partial charge in [0.25, 0.3) is 0 Å². The van der Waals surface area contributed by atoms with Crippen molar-refractivity contribution in [3.8, 4) is 39.7 Å². The third kappa shape index (κ3) is 4.41. The monoisotopic (exact) mass is 675 g/mol. The Kier molecular flexibility index (Phi) is 6.28. The van der Waals surface area contributed by atoms with E-state index in [1.54, 1.807) is 0 Å². The lowest BCUT2D eigenvalue weighted by atomic mass is 9.99. The maximum Gasteiger partial charge on any atom is 0.136 e. The second kappa shape index (κ2) is 11.3. The number of rotatable bonds is 4. The van der Waals surface area contributed by atoms with Crippen LogP contribution in [0.5, 0.6) is 0 Å². The van der Waals surface area contributed by atoms with Crippen LogP contribution in [0.4, 0.5) is 0 Å². The van der Waals surface area contributed by atoms with Gasteiger partial charge >= 0.3 is 0 Å².